The van der Waals surface area contributed by atoms with Gasteiger partial charge in [0, 0.05) is 18.4 Å². The van der Waals surface area contributed by atoms with Crippen molar-refractivity contribution in [2.45, 2.75) is 18.9 Å². The van der Waals surface area contributed by atoms with E-state index in [2.05, 4.69) is 5.32 Å². The molecule has 1 aromatic carbocycles. The summed E-state index contributed by atoms with van der Waals surface area (Å²) >= 11 is 0. The zero-order valence-corrected chi connectivity index (χ0v) is 6.96. The molecule has 0 spiro atoms. The van der Waals surface area contributed by atoms with Gasteiger partial charge in [-0.3, -0.25) is 0 Å². The largest absolute Gasteiger partial charge is 0.340 e. The molecule has 2 rings (SSSR count). The van der Waals surface area contributed by atoms with Crippen molar-refractivity contribution >= 4 is 0 Å². The fourth-order valence-electron chi connectivity index (χ4n) is 1.81. The van der Waals surface area contributed by atoms with Gasteiger partial charge in [-0.2, -0.15) is 0 Å². The molecule has 0 radical (unpaired) electrons. The minimum Gasteiger partial charge on any atom is -0.340 e. The van der Waals surface area contributed by atoms with Crippen LogP contribution in [0, 0.1) is 5.82 Å². The monoisotopic (exact) mass is 166 g/mol. The van der Waals surface area contributed by atoms with Gasteiger partial charge in [-0.05, 0) is 12.1 Å². The number of quaternary nitrogens is 1. The first kappa shape index (κ1) is 7.74. The average Bonchev–Trinajstić information content (AvgIpc) is 2.56. The van der Waals surface area contributed by atoms with E-state index < -0.39 is 0 Å². The fourth-order valence-corrected chi connectivity index (χ4v) is 1.81. The number of halogens is 1. The lowest BCUT2D eigenvalue weighted by Gasteiger charge is -2.06. The second-order valence-electron chi connectivity index (χ2n) is 3.33. The Bertz CT molecular complexity index is 266. The minimum absolute atomic E-state index is 0.118. The first-order valence-electron chi connectivity index (χ1n) is 4.45. The maximum absolute atomic E-state index is 12.8. The Morgan fingerprint density at radius 3 is 3.00 bits per heavy atom. The Morgan fingerprint density at radius 2 is 2.33 bits per heavy atom. The summed E-state index contributed by atoms with van der Waals surface area (Å²) < 4.78 is 12.8. The van der Waals surface area contributed by atoms with Gasteiger partial charge in [0.05, 0.1) is 6.54 Å². The maximum Gasteiger partial charge on any atom is 0.123 e. The molecule has 1 heterocycles. The van der Waals surface area contributed by atoms with Gasteiger partial charge >= 0.3 is 0 Å². The van der Waals surface area contributed by atoms with Crippen LogP contribution in [0.3, 0.4) is 0 Å². The quantitative estimate of drug-likeness (QED) is 0.646. The van der Waals surface area contributed by atoms with Crippen molar-refractivity contribution in [1.29, 1.82) is 0 Å². The van der Waals surface area contributed by atoms with Crippen molar-refractivity contribution in [3.63, 3.8) is 0 Å². The molecular formula is C10H13FN+. The van der Waals surface area contributed by atoms with E-state index in [4.69, 9.17) is 0 Å². The molecule has 1 atom stereocenters. The molecule has 1 aliphatic rings. The van der Waals surface area contributed by atoms with E-state index in [0.717, 1.165) is 5.56 Å². The molecule has 1 nitrogen and oxygen atoms in total. The Hall–Kier alpha value is -0.890. The van der Waals surface area contributed by atoms with Crippen LogP contribution < -0.4 is 5.32 Å². The summed E-state index contributed by atoms with van der Waals surface area (Å²) in [4.78, 5) is 0. The van der Waals surface area contributed by atoms with E-state index in [1.807, 2.05) is 6.07 Å². The van der Waals surface area contributed by atoms with Crippen LogP contribution in [0.1, 0.15) is 24.4 Å². The van der Waals surface area contributed by atoms with Crippen molar-refractivity contribution in [3.8, 4) is 0 Å². The molecule has 0 unspecified atom stereocenters. The van der Waals surface area contributed by atoms with Crippen LogP contribution in [0.4, 0.5) is 4.39 Å². The normalized spacial score (nSPS) is 22.9. The van der Waals surface area contributed by atoms with Gasteiger partial charge in [0.1, 0.15) is 11.9 Å². The summed E-state index contributed by atoms with van der Waals surface area (Å²) in [6.07, 6.45) is 2.44. The van der Waals surface area contributed by atoms with Crippen molar-refractivity contribution in [3.05, 3.63) is 35.6 Å². The van der Waals surface area contributed by atoms with Gasteiger partial charge in [0.2, 0.25) is 0 Å². The highest BCUT2D eigenvalue weighted by Gasteiger charge is 2.19. The van der Waals surface area contributed by atoms with Crippen LogP contribution in [0.2, 0.25) is 0 Å². The third-order valence-corrected chi connectivity index (χ3v) is 2.45. The summed E-state index contributed by atoms with van der Waals surface area (Å²) in [6, 6.07) is 7.44. The molecule has 1 fully saturated rings. The highest BCUT2D eigenvalue weighted by molar-refractivity contribution is 5.18. The summed E-state index contributed by atoms with van der Waals surface area (Å²) in [5.74, 6) is -0.118. The summed E-state index contributed by atoms with van der Waals surface area (Å²) in [5, 5.41) is 2.29. The molecule has 2 heteroatoms. The van der Waals surface area contributed by atoms with Gasteiger partial charge in [-0.15, -0.1) is 0 Å². The van der Waals surface area contributed by atoms with E-state index in [1.165, 1.54) is 25.5 Å². The zero-order valence-electron chi connectivity index (χ0n) is 6.96. The first-order chi connectivity index (χ1) is 5.86. The van der Waals surface area contributed by atoms with Crippen LogP contribution in [0.5, 0.6) is 0 Å². The molecule has 0 amide bonds. The lowest BCUT2D eigenvalue weighted by atomic mass is 10.1. The van der Waals surface area contributed by atoms with Gasteiger partial charge in [0.15, 0.2) is 0 Å². The van der Waals surface area contributed by atoms with E-state index in [-0.39, 0.29) is 5.82 Å². The molecule has 1 aromatic rings. The van der Waals surface area contributed by atoms with E-state index in [0.29, 0.717) is 6.04 Å². The van der Waals surface area contributed by atoms with E-state index in [1.54, 1.807) is 12.1 Å². The predicted octanol–water partition coefficient (Wildman–Crippen LogP) is 1.22. The molecule has 1 aliphatic heterocycles. The number of benzene rings is 1. The number of hydrogen-bond acceptors (Lipinski definition) is 0. The van der Waals surface area contributed by atoms with Crippen molar-refractivity contribution in [1.82, 2.24) is 0 Å². The highest BCUT2D eigenvalue weighted by Crippen LogP contribution is 2.17. The molecule has 0 aromatic heterocycles. The fraction of sp³-hybridized carbons (Fsp3) is 0.400. The predicted molar refractivity (Wildman–Crippen MR) is 45.2 cm³/mol. The Kier molecular flexibility index (Phi) is 2.09. The topological polar surface area (TPSA) is 16.6 Å². The standard InChI is InChI=1S/C10H12FN/c11-9-4-1-3-8(7-9)10-5-2-6-12-10/h1,3-4,7,10,12H,2,5-6H2/p+1/t10-/m1/s1. The highest BCUT2D eigenvalue weighted by atomic mass is 19.1. The molecule has 12 heavy (non-hydrogen) atoms. The SMILES string of the molecule is Fc1cccc([C@H]2CCC[NH2+]2)c1. The maximum atomic E-state index is 12.8. The van der Waals surface area contributed by atoms with Gasteiger partial charge < -0.3 is 5.32 Å². The van der Waals surface area contributed by atoms with Gasteiger partial charge in [0.25, 0.3) is 0 Å². The number of hydrogen-bond donors (Lipinski definition) is 1. The lowest BCUT2D eigenvalue weighted by molar-refractivity contribution is -0.676. The molecule has 64 valence electrons. The molecule has 2 N–H and O–H groups in total. The van der Waals surface area contributed by atoms with Crippen molar-refractivity contribution < 1.29 is 9.71 Å². The average molecular weight is 166 g/mol. The van der Waals surface area contributed by atoms with Crippen LogP contribution in [-0.4, -0.2) is 6.54 Å². The number of nitrogens with two attached hydrogens (primary N) is 1. The first-order valence-corrected chi connectivity index (χ1v) is 4.45. The molecule has 1 saturated heterocycles. The van der Waals surface area contributed by atoms with Gasteiger partial charge in [-0.25, -0.2) is 4.39 Å². The summed E-state index contributed by atoms with van der Waals surface area (Å²) in [6.45, 7) is 1.18. The van der Waals surface area contributed by atoms with Crippen LogP contribution in [0.15, 0.2) is 24.3 Å². The molecular weight excluding hydrogens is 153 g/mol. The van der Waals surface area contributed by atoms with Crippen molar-refractivity contribution in [2.24, 2.45) is 0 Å². The smallest absolute Gasteiger partial charge is 0.123 e. The van der Waals surface area contributed by atoms with Gasteiger partial charge in [-0.1, -0.05) is 12.1 Å². The lowest BCUT2D eigenvalue weighted by Crippen LogP contribution is -2.81. The molecule has 0 aliphatic carbocycles. The van der Waals surface area contributed by atoms with Crippen molar-refractivity contribution in [2.75, 3.05) is 6.54 Å². The Balaban J connectivity index is 2.21. The van der Waals surface area contributed by atoms with Crippen LogP contribution in [-0.2, 0) is 0 Å². The van der Waals surface area contributed by atoms with Crippen LogP contribution >= 0.6 is 0 Å². The zero-order chi connectivity index (χ0) is 8.39. The second kappa shape index (κ2) is 3.23. The summed E-state index contributed by atoms with van der Waals surface area (Å²) in [7, 11) is 0. The van der Waals surface area contributed by atoms with Crippen LogP contribution in [0.25, 0.3) is 0 Å². The molecule has 0 bridgehead atoms. The molecule has 0 saturated carbocycles. The Labute approximate surface area is 71.6 Å². The van der Waals surface area contributed by atoms with E-state index in [9.17, 15) is 4.39 Å². The third kappa shape index (κ3) is 1.48. The second-order valence-corrected chi connectivity index (χ2v) is 3.33. The Morgan fingerprint density at radius 1 is 1.42 bits per heavy atom. The van der Waals surface area contributed by atoms with E-state index >= 15 is 0 Å². The minimum atomic E-state index is -0.118. The third-order valence-electron chi connectivity index (χ3n) is 2.45. The summed E-state index contributed by atoms with van der Waals surface area (Å²) in [5.41, 5.74) is 1.13. The number of rotatable bonds is 1.